The third-order valence-electron chi connectivity index (χ3n) is 2.70. The second kappa shape index (κ2) is 6.33. The topological polar surface area (TPSA) is 29.5 Å². The van der Waals surface area contributed by atoms with E-state index in [-0.39, 0.29) is 18.6 Å². The van der Waals surface area contributed by atoms with Gasteiger partial charge in [-0.1, -0.05) is 0 Å². The van der Waals surface area contributed by atoms with E-state index in [4.69, 9.17) is 16.3 Å². The van der Waals surface area contributed by atoms with Gasteiger partial charge < -0.3 is 9.64 Å². The van der Waals surface area contributed by atoms with E-state index >= 15 is 0 Å². The third kappa shape index (κ3) is 3.99. The molecule has 1 fully saturated rings. The Balaban J connectivity index is 2.36. The summed E-state index contributed by atoms with van der Waals surface area (Å²) >= 11 is 5.69. The zero-order valence-corrected chi connectivity index (χ0v) is 10.3. The Morgan fingerprint density at radius 3 is 2.60 bits per heavy atom. The van der Waals surface area contributed by atoms with Crippen LogP contribution in [0.1, 0.15) is 33.1 Å². The van der Waals surface area contributed by atoms with E-state index in [0.717, 1.165) is 12.8 Å². The molecular formula is C11H20ClNO2. The van der Waals surface area contributed by atoms with E-state index < -0.39 is 0 Å². The van der Waals surface area contributed by atoms with Gasteiger partial charge >= 0.3 is 0 Å². The monoisotopic (exact) mass is 233 g/mol. The van der Waals surface area contributed by atoms with Gasteiger partial charge in [-0.25, -0.2) is 0 Å². The fourth-order valence-electron chi connectivity index (χ4n) is 1.62. The lowest BCUT2D eigenvalue weighted by atomic mass is 9.91. The number of nitrogens with zero attached hydrogens (tertiary/aromatic N) is 1. The zero-order chi connectivity index (χ0) is 11.3. The molecule has 1 saturated carbocycles. The summed E-state index contributed by atoms with van der Waals surface area (Å²) in [6.45, 7) is 4.70. The minimum atomic E-state index is 0.0778. The minimum Gasteiger partial charge on any atom is -0.369 e. The lowest BCUT2D eigenvalue weighted by Crippen LogP contribution is -2.46. The first-order chi connectivity index (χ1) is 7.15. The Kier molecular flexibility index (Phi) is 5.40. The second-order valence-electron chi connectivity index (χ2n) is 4.22. The van der Waals surface area contributed by atoms with Crippen molar-refractivity contribution in [3.05, 3.63) is 0 Å². The molecule has 1 aliphatic carbocycles. The van der Waals surface area contributed by atoms with Crippen molar-refractivity contribution in [1.82, 2.24) is 4.90 Å². The molecule has 0 atom stereocenters. The number of halogens is 1. The van der Waals surface area contributed by atoms with Crippen molar-refractivity contribution in [3.8, 4) is 0 Å². The molecule has 0 radical (unpaired) electrons. The summed E-state index contributed by atoms with van der Waals surface area (Å²) < 4.78 is 5.32. The van der Waals surface area contributed by atoms with Crippen LogP contribution < -0.4 is 0 Å². The molecule has 0 spiro atoms. The van der Waals surface area contributed by atoms with E-state index in [0.29, 0.717) is 18.5 Å². The molecule has 0 aromatic rings. The van der Waals surface area contributed by atoms with E-state index in [1.54, 1.807) is 0 Å². The zero-order valence-electron chi connectivity index (χ0n) is 9.54. The lowest BCUT2D eigenvalue weighted by Gasteiger charge is -2.37. The number of carbonyl (C=O) groups excluding carboxylic acids is 1. The van der Waals surface area contributed by atoms with Gasteiger partial charge in [0.2, 0.25) is 5.91 Å². The highest BCUT2D eigenvalue weighted by Crippen LogP contribution is 2.24. The number of alkyl halides is 1. The van der Waals surface area contributed by atoms with Crippen molar-refractivity contribution >= 4 is 17.5 Å². The van der Waals surface area contributed by atoms with Gasteiger partial charge in [0, 0.05) is 18.5 Å². The van der Waals surface area contributed by atoms with E-state index in [1.807, 2.05) is 18.7 Å². The van der Waals surface area contributed by atoms with Crippen LogP contribution in [0.25, 0.3) is 0 Å². The Labute approximate surface area is 96.7 Å². The maximum atomic E-state index is 11.8. The molecule has 1 rings (SSSR count). The molecule has 4 heteroatoms. The average Bonchev–Trinajstić information content (AvgIpc) is 2.10. The van der Waals surface area contributed by atoms with Gasteiger partial charge in [-0.15, -0.1) is 11.6 Å². The highest BCUT2D eigenvalue weighted by atomic mass is 35.5. The number of hydrogen-bond donors (Lipinski definition) is 0. The first-order valence-electron chi connectivity index (χ1n) is 5.62. The normalized spacial score (nSPS) is 16.5. The van der Waals surface area contributed by atoms with Gasteiger partial charge in [0.15, 0.2) is 0 Å². The fraction of sp³-hybridized carbons (Fsp3) is 0.909. The van der Waals surface area contributed by atoms with Gasteiger partial charge in [-0.3, -0.25) is 4.79 Å². The number of amides is 1. The van der Waals surface area contributed by atoms with Crippen LogP contribution in [0.15, 0.2) is 0 Å². The maximum absolute atomic E-state index is 11.8. The van der Waals surface area contributed by atoms with Crippen molar-refractivity contribution in [1.29, 1.82) is 0 Å². The highest BCUT2D eigenvalue weighted by molar-refractivity contribution is 6.18. The minimum absolute atomic E-state index is 0.0778. The molecule has 0 aromatic heterocycles. The van der Waals surface area contributed by atoms with Crippen LogP contribution in [0, 0.1) is 0 Å². The molecule has 1 aliphatic rings. The Hall–Kier alpha value is -0.280. The Morgan fingerprint density at radius 1 is 1.53 bits per heavy atom. The SMILES string of the molecule is CC(C)OCC(=O)N(CCCl)C1CCC1. The van der Waals surface area contributed by atoms with Crippen molar-refractivity contribution in [3.63, 3.8) is 0 Å². The summed E-state index contributed by atoms with van der Waals surface area (Å²) in [5.74, 6) is 0.582. The third-order valence-corrected chi connectivity index (χ3v) is 2.87. The molecule has 15 heavy (non-hydrogen) atoms. The standard InChI is InChI=1S/C11H20ClNO2/c1-9(2)15-8-11(14)13(7-6-12)10-4-3-5-10/h9-10H,3-8H2,1-2H3. The summed E-state index contributed by atoms with van der Waals surface area (Å²) in [6.07, 6.45) is 3.56. The number of rotatable bonds is 6. The predicted molar refractivity (Wildman–Crippen MR) is 61.2 cm³/mol. The van der Waals surface area contributed by atoms with Crippen LogP contribution in [0.3, 0.4) is 0 Å². The average molecular weight is 234 g/mol. The number of ether oxygens (including phenoxy) is 1. The number of hydrogen-bond acceptors (Lipinski definition) is 2. The highest BCUT2D eigenvalue weighted by Gasteiger charge is 2.28. The maximum Gasteiger partial charge on any atom is 0.248 e. The van der Waals surface area contributed by atoms with Crippen LogP contribution >= 0.6 is 11.6 Å². The van der Waals surface area contributed by atoms with Crippen molar-refractivity contribution < 1.29 is 9.53 Å². The second-order valence-corrected chi connectivity index (χ2v) is 4.60. The van der Waals surface area contributed by atoms with Gasteiger partial charge in [-0.05, 0) is 33.1 Å². The quantitative estimate of drug-likeness (QED) is 0.657. The molecule has 0 aliphatic heterocycles. The van der Waals surface area contributed by atoms with E-state index in [1.165, 1.54) is 6.42 Å². The van der Waals surface area contributed by atoms with Crippen molar-refractivity contribution in [2.24, 2.45) is 0 Å². The molecule has 0 aromatic carbocycles. The van der Waals surface area contributed by atoms with Gasteiger partial charge in [-0.2, -0.15) is 0 Å². The van der Waals surface area contributed by atoms with E-state index in [2.05, 4.69) is 0 Å². The van der Waals surface area contributed by atoms with Crippen LogP contribution in [0.5, 0.6) is 0 Å². The molecule has 0 saturated heterocycles. The van der Waals surface area contributed by atoms with E-state index in [9.17, 15) is 4.79 Å². The van der Waals surface area contributed by atoms with Crippen LogP contribution in [-0.2, 0) is 9.53 Å². The van der Waals surface area contributed by atoms with Crippen LogP contribution in [0.4, 0.5) is 0 Å². The van der Waals surface area contributed by atoms with Gasteiger partial charge in [0.05, 0.1) is 6.10 Å². The first kappa shape index (κ1) is 12.8. The van der Waals surface area contributed by atoms with Crippen LogP contribution in [-0.4, -0.2) is 42.0 Å². The van der Waals surface area contributed by atoms with Gasteiger partial charge in [0.1, 0.15) is 6.61 Å². The molecule has 0 heterocycles. The molecule has 1 amide bonds. The molecular weight excluding hydrogens is 214 g/mol. The molecule has 88 valence electrons. The van der Waals surface area contributed by atoms with Crippen molar-refractivity contribution in [2.75, 3.05) is 19.0 Å². The Bertz CT molecular complexity index is 205. The van der Waals surface area contributed by atoms with Gasteiger partial charge in [0.25, 0.3) is 0 Å². The summed E-state index contributed by atoms with van der Waals surface area (Å²) in [7, 11) is 0. The molecule has 3 nitrogen and oxygen atoms in total. The van der Waals surface area contributed by atoms with Crippen LogP contribution in [0.2, 0.25) is 0 Å². The lowest BCUT2D eigenvalue weighted by molar-refractivity contribution is -0.141. The molecule has 0 N–H and O–H groups in total. The summed E-state index contributed by atoms with van der Waals surface area (Å²) in [5, 5.41) is 0. The summed E-state index contributed by atoms with van der Waals surface area (Å²) in [5.41, 5.74) is 0. The smallest absolute Gasteiger partial charge is 0.248 e. The Morgan fingerprint density at radius 2 is 2.20 bits per heavy atom. The summed E-state index contributed by atoms with van der Waals surface area (Å²) in [4.78, 5) is 13.7. The largest absolute Gasteiger partial charge is 0.369 e. The fourth-order valence-corrected chi connectivity index (χ4v) is 1.80. The predicted octanol–water partition coefficient (Wildman–Crippen LogP) is 2.03. The van der Waals surface area contributed by atoms with Crippen molar-refractivity contribution in [2.45, 2.75) is 45.3 Å². The number of carbonyl (C=O) groups is 1. The molecule has 0 bridgehead atoms. The molecule has 0 unspecified atom stereocenters. The first-order valence-corrected chi connectivity index (χ1v) is 6.15. The summed E-state index contributed by atoms with van der Waals surface area (Å²) in [6, 6.07) is 0.409.